The van der Waals surface area contributed by atoms with Crippen LogP contribution in [0, 0.1) is 0 Å². The lowest BCUT2D eigenvalue weighted by atomic mass is 10.1. The highest BCUT2D eigenvalue weighted by Gasteiger charge is 2.27. The Kier molecular flexibility index (Phi) is 5.00. The van der Waals surface area contributed by atoms with Crippen molar-refractivity contribution >= 4 is 37.8 Å². The molecular formula is C13H16Br2N2O2. The van der Waals surface area contributed by atoms with Gasteiger partial charge in [0, 0.05) is 28.1 Å². The molecule has 1 fully saturated rings. The van der Waals surface area contributed by atoms with Crippen LogP contribution in [0.5, 0.6) is 0 Å². The van der Waals surface area contributed by atoms with Gasteiger partial charge < -0.3 is 15.4 Å². The van der Waals surface area contributed by atoms with E-state index in [0.717, 1.165) is 8.95 Å². The summed E-state index contributed by atoms with van der Waals surface area (Å²) in [5.41, 5.74) is 6.50. The van der Waals surface area contributed by atoms with Crippen molar-refractivity contribution < 1.29 is 9.53 Å². The molecule has 0 saturated carbocycles. The topological polar surface area (TPSA) is 55.6 Å². The fourth-order valence-electron chi connectivity index (χ4n) is 2.01. The van der Waals surface area contributed by atoms with Gasteiger partial charge in [-0.3, -0.25) is 4.79 Å². The third-order valence-electron chi connectivity index (χ3n) is 3.13. The van der Waals surface area contributed by atoms with Crippen molar-refractivity contribution in [2.45, 2.75) is 19.1 Å². The Balaban J connectivity index is 2.15. The molecule has 1 aromatic carbocycles. The van der Waals surface area contributed by atoms with E-state index in [2.05, 4.69) is 31.9 Å². The molecule has 6 heteroatoms. The van der Waals surface area contributed by atoms with Crippen LogP contribution in [0.3, 0.4) is 0 Å². The number of carbonyl (C=O) groups excluding carboxylic acids is 1. The zero-order valence-electron chi connectivity index (χ0n) is 10.6. The quantitative estimate of drug-likeness (QED) is 0.842. The number of carbonyl (C=O) groups is 1. The Morgan fingerprint density at radius 1 is 1.53 bits per heavy atom. The molecule has 1 saturated heterocycles. The Labute approximate surface area is 129 Å². The average molecular weight is 392 g/mol. The van der Waals surface area contributed by atoms with Crippen LogP contribution in [0.2, 0.25) is 0 Å². The average Bonchev–Trinajstić information content (AvgIpc) is 2.38. The van der Waals surface area contributed by atoms with Crippen LogP contribution in [-0.4, -0.2) is 42.6 Å². The normalized spacial score (nSPS) is 21.3. The Hall–Kier alpha value is -0.430. The maximum Gasteiger partial charge on any atom is 0.255 e. The van der Waals surface area contributed by atoms with Gasteiger partial charge in [-0.25, -0.2) is 0 Å². The first-order valence-corrected chi connectivity index (χ1v) is 7.69. The number of nitrogens with zero attached hydrogens (tertiary/aromatic N) is 1. The molecule has 2 atom stereocenters. The lowest BCUT2D eigenvalue weighted by Crippen LogP contribution is -2.51. The minimum absolute atomic E-state index is 0.00771. The SMILES string of the molecule is CC(N)C1CN(C(=O)c2ccc(Br)cc2Br)CCO1. The van der Waals surface area contributed by atoms with E-state index in [0.29, 0.717) is 25.3 Å². The van der Waals surface area contributed by atoms with E-state index >= 15 is 0 Å². The molecular weight excluding hydrogens is 376 g/mol. The molecule has 0 bridgehead atoms. The summed E-state index contributed by atoms with van der Waals surface area (Å²) in [5.74, 6) is 0.00771. The first-order valence-electron chi connectivity index (χ1n) is 6.10. The number of morpholine rings is 1. The highest BCUT2D eigenvalue weighted by atomic mass is 79.9. The van der Waals surface area contributed by atoms with E-state index in [9.17, 15) is 4.79 Å². The molecule has 104 valence electrons. The van der Waals surface area contributed by atoms with Gasteiger partial charge in [0.25, 0.3) is 5.91 Å². The third kappa shape index (κ3) is 3.56. The summed E-state index contributed by atoms with van der Waals surface area (Å²) in [6, 6.07) is 5.47. The van der Waals surface area contributed by atoms with Crippen LogP contribution in [0.4, 0.5) is 0 Å². The van der Waals surface area contributed by atoms with Gasteiger partial charge in [0.15, 0.2) is 0 Å². The van der Waals surface area contributed by atoms with Gasteiger partial charge in [-0.15, -0.1) is 0 Å². The van der Waals surface area contributed by atoms with Crippen LogP contribution < -0.4 is 5.73 Å². The number of amides is 1. The number of hydrogen-bond acceptors (Lipinski definition) is 3. The van der Waals surface area contributed by atoms with Gasteiger partial charge in [-0.2, -0.15) is 0 Å². The largest absolute Gasteiger partial charge is 0.373 e. The molecule has 1 aliphatic rings. The Morgan fingerprint density at radius 3 is 2.89 bits per heavy atom. The van der Waals surface area contributed by atoms with E-state index < -0.39 is 0 Å². The van der Waals surface area contributed by atoms with Gasteiger partial charge in [0.2, 0.25) is 0 Å². The van der Waals surface area contributed by atoms with Crippen LogP contribution in [0.25, 0.3) is 0 Å². The number of nitrogens with two attached hydrogens (primary N) is 1. The predicted molar refractivity (Wildman–Crippen MR) is 81.1 cm³/mol. The number of halogens is 2. The molecule has 2 N–H and O–H groups in total. The summed E-state index contributed by atoms with van der Waals surface area (Å²) in [5, 5.41) is 0. The van der Waals surface area contributed by atoms with Crippen molar-refractivity contribution in [1.29, 1.82) is 0 Å². The summed E-state index contributed by atoms with van der Waals surface area (Å²) in [4.78, 5) is 14.3. The summed E-state index contributed by atoms with van der Waals surface area (Å²) in [7, 11) is 0. The lowest BCUT2D eigenvalue weighted by Gasteiger charge is -2.35. The maximum atomic E-state index is 12.5. The van der Waals surface area contributed by atoms with Crippen molar-refractivity contribution in [3.63, 3.8) is 0 Å². The number of rotatable bonds is 2. The first-order chi connectivity index (χ1) is 8.99. The summed E-state index contributed by atoms with van der Waals surface area (Å²) in [6.45, 7) is 3.57. The predicted octanol–water partition coefficient (Wildman–Crippen LogP) is 2.40. The molecule has 2 unspecified atom stereocenters. The minimum Gasteiger partial charge on any atom is -0.373 e. The fraction of sp³-hybridized carbons (Fsp3) is 0.462. The molecule has 0 aliphatic carbocycles. The monoisotopic (exact) mass is 390 g/mol. The second-order valence-electron chi connectivity index (χ2n) is 4.64. The van der Waals surface area contributed by atoms with Crippen LogP contribution in [0.15, 0.2) is 27.1 Å². The van der Waals surface area contributed by atoms with E-state index in [1.54, 1.807) is 4.90 Å². The molecule has 0 spiro atoms. The molecule has 2 rings (SSSR count). The molecule has 1 heterocycles. The lowest BCUT2D eigenvalue weighted by molar-refractivity contribution is -0.0300. The van der Waals surface area contributed by atoms with Gasteiger partial charge in [0.05, 0.1) is 18.3 Å². The maximum absolute atomic E-state index is 12.5. The summed E-state index contributed by atoms with van der Waals surface area (Å²) >= 11 is 6.80. The number of benzene rings is 1. The zero-order chi connectivity index (χ0) is 14.0. The van der Waals surface area contributed by atoms with Crippen molar-refractivity contribution in [3.05, 3.63) is 32.7 Å². The van der Waals surface area contributed by atoms with Crippen molar-refractivity contribution in [2.75, 3.05) is 19.7 Å². The molecule has 0 radical (unpaired) electrons. The van der Waals surface area contributed by atoms with E-state index in [1.165, 1.54) is 0 Å². The van der Waals surface area contributed by atoms with Crippen molar-refractivity contribution in [1.82, 2.24) is 4.90 Å². The third-order valence-corrected chi connectivity index (χ3v) is 4.28. The summed E-state index contributed by atoms with van der Waals surface area (Å²) in [6.07, 6.45) is -0.0908. The molecule has 1 aromatic rings. The molecule has 4 nitrogen and oxygen atoms in total. The van der Waals surface area contributed by atoms with E-state index in [-0.39, 0.29) is 18.1 Å². The van der Waals surface area contributed by atoms with Gasteiger partial charge in [-0.05, 0) is 41.1 Å². The smallest absolute Gasteiger partial charge is 0.255 e. The zero-order valence-corrected chi connectivity index (χ0v) is 13.8. The van der Waals surface area contributed by atoms with E-state index in [1.807, 2.05) is 25.1 Å². The standard InChI is InChI=1S/C13H16Br2N2O2/c1-8(16)12-7-17(4-5-19-12)13(18)10-3-2-9(14)6-11(10)15/h2-3,6,8,12H,4-5,7,16H2,1H3. The number of hydrogen-bond donors (Lipinski definition) is 1. The minimum atomic E-state index is -0.0908. The van der Waals surface area contributed by atoms with Gasteiger partial charge in [-0.1, -0.05) is 15.9 Å². The molecule has 19 heavy (non-hydrogen) atoms. The van der Waals surface area contributed by atoms with Crippen LogP contribution >= 0.6 is 31.9 Å². The van der Waals surface area contributed by atoms with Crippen molar-refractivity contribution in [3.8, 4) is 0 Å². The molecule has 0 aromatic heterocycles. The number of ether oxygens (including phenoxy) is 1. The highest BCUT2D eigenvalue weighted by Crippen LogP contribution is 2.24. The molecule has 1 amide bonds. The molecule has 1 aliphatic heterocycles. The summed E-state index contributed by atoms with van der Waals surface area (Å²) < 4.78 is 7.29. The Bertz CT molecular complexity index is 480. The first kappa shape index (κ1) is 15.0. The van der Waals surface area contributed by atoms with E-state index in [4.69, 9.17) is 10.5 Å². The highest BCUT2D eigenvalue weighted by molar-refractivity contribution is 9.11. The fourth-order valence-corrected chi connectivity index (χ4v) is 3.23. The second-order valence-corrected chi connectivity index (χ2v) is 6.41. The van der Waals surface area contributed by atoms with Gasteiger partial charge in [0.1, 0.15) is 0 Å². The van der Waals surface area contributed by atoms with Gasteiger partial charge >= 0.3 is 0 Å². The van der Waals surface area contributed by atoms with Crippen LogP contribution in [-0.2, 0) is 4.74 Å². The second kappa shape index (κ2) is 6.35. The van der Waals surface area contributed by atoms with Crippen molar-refractivity contribution in [2.24, 2.45) is 5.73 Å². The Morgan fingerprint density at radius 2 is 2.26 bits per heavy atom. The van der Waals surface area contributed by atoms with Crippen LogP contribution in [0.1, 0.15) is 17.3 Å².